The minimum absolute atomic E-state index is 0.00873. The first-order valence-corrected chi connectivity index (χ1v) is 6.12. The summed E-state index contributed by atoms with van der Waals surface area (Å²) in [6.07, 6.45) is 5.10. The average Bonchev–Trinajstić information content (AvgIpc) is 2.19. The van der Waals surface area contributed by atoms with Crippen molar-refractivity contribution in [1.29, 1.82) is 0 Å². The van der Waals surface area contributed by atoms with Gasteiger partial charge in [-0.05, 0) is 32.1 Å². The van der Waals surface area contributed by atoms with Crippen LogP contribution >= 0.6 is 0 Å². The number of hydrogen-bond acceptors (Lipinski definition) is 2. The second-order valence-corrected chi connectivity index (χ2v) is 5.01. The molecule has 1 N–H and O–H groups in total. The van der Waals surface area contributed by atoms with Crippen LogP contribution in [0.3, 0.4) is 0 Å². The van der Waals surface area contributed by atoms with Gasteiger partial charge in [0.1, 0.15) is 0 Å². The van der Waals surface area contributed by atoms with Crippen molar-refractivity contribution >= 4 is 11.9 Å². The van der Waals surface area contributed by atoms with Gasteiger partial charge in [-0.2, -0.15) is 0 Å². The van der Waals surface area contributed by atoms with Crippen LogP contribution in [0.25, 0.3) is 0 Å². The zero-order chi connectivity index (χ0) is 11.8. The van der Waals surface area contributed by atoms with Gasteiger partial charge in [-0.15, -0.1) is 0 Å². The Labute approximate surface area is 95.6 Å². The normalized spacial score (nSPS) is 28.7. The van der Waals surface area contributed by atoms with Gasteiger partial charge in [0.2, 0.25) is 5.91 Å². The summed E-state index contributed by atoms with van der Waals surface area (Å²) in [4.78, 5) is 24.7. The van der Waals surface area contributed by atoms with E-state index in [0.29, 0.717) is 19.4 Å². The van der Waals surface area contributed by atoms with Crippen LogP contribution in [-0.2, 0) is 9.59 Å². The van der Waals surface area contributed by atoms with E-state index in [9.17, 15) is 9.59 Å². The summed E-state index contributed by atoms with van der Waals surface area (Å²) in [6, 6.07) is 0. The van der Waals surface area contributed by atoms with Crippen molar-refractivity contribution in [2.75, 3.05) is 6.54 Å². The molecular formula is C12H19NO3. The van der Waals surface area contributed by atoms with Crippen LogP contribution in [0.2, 0.25) is 0 Å². The summed E-state index contributed by atoms with van der Waals surface area (Å²) in [5.41, 5.74) is -0.00873. The molecule has 1 saturated carbocycles. The van der Waals surface area contributed by atoms with Gasteiger partial charge in [-0.25, -0.2) is 0 Å². The number of amides is 1. The lowest BCUT2D eigenvalue weighted by molar-refractivity contribution is -0.155. The van der Waals surface area contributed by atoms with Crippen LogP contribution in [0.4, 0.5) is 0 Å². The second kappa shape index (κ2) is 4.07. The first-order chi connectivity index (χ1) is 7.59. The minimum atomic E-state index is -0.761. The van der Waals surface area contributed by atoms with Gasteiger partial charge in [-0.1, -0.05) is 6.92 Å². The van der Waals surface area contributed by atoms with E-state index in [1.165, 1.54) is 0 Å². The quantitative estimate of drug-likeness (QED) is 0.794. The highest BCUT2D eigenvalue weighted by molar-refractivity contribution is 5.81. The van der Waals surface area contributed by atoms with Crippen molar-refractivity contribution in [2.24, 2.45) is 5.92 Å². The standard InChI is InChI=1S/C12H19NO3/c1-2-12(6-3-7-12)13-8-9(11(15)16)4-5-10(13)14/h9H,2-8H2,1H3,(H,15,16). The summed E-state index contributed by atoms with van der Waals surface area (Å²) in [6.45, 7) is 2.51. The Bertz CT molecular complexity index is 304. The van der Waals surface area contributed by atoms with Gasteiger partial charge < -0.3 is 10.0 Å². The molecule has 4 heteroatoms. The van der Waals surface area contributed by atoms with Crippen LogP contribution in [0.5, 0.6) is 0 Å². The van der Waals surface area contributed by atoms with Gasteiger partial charge in [0, 0.05) is 18.5 Å². The Hall–Kier alpha value is -1.06. The van der Waals surface area contributed by atoms with Crippen molar-refractivity contribution in [3.63, 3.8) is 0 Å². The molecule has 2 rings (SSSR count). The average molecular weight is 225 g/mol. The van der Waals surface area contributed by atoms with Gasteiger partial charge in [0.05, 0.1) is 5.92 Å². The van der Waals surface area contributed by atoms with Crippen molar-refractivity contribution in [2.45, 2.75) is 51.0 Å². The monoisotopic (exact) mass is 225 g/mol. The van der Waals surface area contributed by atoms with Crippen molar-refractivity contribution in [3.05, 3.63) is 0 Å². The third-order valence-corrected chi connectivity index (χ3v) is 4.27. The molecule has 1 aliphatic heterocycles. The molecule has 1 aliphatic carbocycles. The lowest BCUT2D eigenvalue weighted by Crippen LogP contribution is -2.59. The van der Waals surface area contributed by atoms with Gasteiger partial charge >= 0.3 is 5.97 Å². The fraction of sp³-hybridized carbons (Fsp3) is 0.833. The van der Waals surface area contributed by atoms with Crippen molar-refractivity contribution in [3.8, 4) is 0 Å². The van der Waals surface area contributed by atoms with Gasteiger partial charge in [-0.3, -0.25) is 9.59 Å². The summed E-state index contributed by atoms with van der Waals surface area (Å²) in [5.74, 6) is -0.969. The molecular weight excluding hydrogens is 206 g/mol. The highest BCUT2D eigenvalue weighted by atomic mass is 16.4. The molecule has 1 saturated heterocycles. The molecule has 90 valence electrons. The third kappa shape index (κ3) is 1.70. The van der Waals surface area contributed by atoms with E-state index in [1.807, 2.05) is 4.90 Å². The van der Waals surface area contributed by atoms with Gasteiger partial charge in [0.15, 0.2) is 0 Å². The molecule has 2 fully saturated rings. The first-order valence-electron chi connectivity index (χ1n) is 6.12. The SMILES string of the molecule is CCC1(N2CC(C(=O)O)CCC2=O)CCC1. The number of rotatable bonds is 3. The minimum Gasteiger partial charge on any atom is -0.481 e. The van der Waals surface area contributed by atoms with Crippen LogP contribution in [0.1, 0.15) is 45.4 Å². The number of carbonyl (C=O) groups excluding carboxylic acids is 1. The fourth-order valence-corrected chi connectivity index (χ4v) is 2.91. The molecule has 1 unspecified atom stereocenters. The molecule has 16 heavy (non-hydrogen) atoms. The van der Waals surface area contributed by atoms with Crippen molar-refractivity contribution < 1.29 is 14.7 Å². The highest BCUT2D eigenvalue weighted by Crippen LogP contribution is 2.42. The molecule has 0 aromatic rings. The Morgan fingerprint density at radius 1 is 1.56 bits per heavy atom. The van der Waals surface area contributed by atoms with E-state index in [2.05, 4.69) is 6.92 Å². The molecule has 2 aliphatic rings. The molecule has 0 aromatic heterocycles. The van der Waals surface area contributed by atoms with E-state index >= 15 is 0 Å². The summed E-state index contributed by atoms with van der Waals surface area (Å²) < 4.78 is 0. The van der Waals surface area contributed by atoms with Crippen molar-refractivity contribution in [1.82, 2.24) is 4.90 Å². The van der Waals surface area contributed by atoms with Crippen LogP contribution < -0.4 is 0 Å². The molecule has 0 bridgehead atoms. The lowest BCUT2D eigenvalue weighted by atomic mass is 9.72. The summed E-state index contributed by atoms with van der Waals surface area (Å²) in [7, 11) is 0. The fourth-order valence-electron chi connectivity index (χ4n) is 2.91. The van der Waals surface area contributed by atoms with Crippen LogP contribution in [0, 0.1) is 5.92 Å². The summed E-state index contributed by atoms with van der Waals surface area (Å²) >= 11 is 0. The number of carboxylic acids is 1. The molecule has 1 heterocycles. The predicted octanol–water partition coefficient (Wildman–Crippen LogP) is 1.64. The topological polar surface area (TPSA) is 57.6 Å². The number of likely N-dealkylation sites (tertiary alicyclic amines) is 1. The molecule has 0 spiro atoms. The van der Waals surface area contributed by atoms with E-state index < -0.39 is 5.97 Å². The van der Waals surface area contributed by atoms with Crippen LogP contribution in [-0.4, -0.2) is 34.0 Å². The Kier molecular flexibility index (Phi) is 2.91. The molecule has 1 amide bonds. The molecule has 1 atom stereocenters. The molecule has 0 aromatic carbocycles. The van der Waals surface area contributed by atoms with Gasteiger partial charge in [0.25, 0.3) is 0 Å². The smallest absolute Gasteiger partial charge is 0.308 e. The number of hydrogen-bond donors (Lipinski definition) is 1. The predicted molar refractivity (Wildman–Crippen MR) is 58.9 cm³/mol. The number of carboxylic acid groups (broad SMARTS) is 1. The number of piperidine rings is 1. The number of aliphatic carboxylic acids is 1. The highest BCUT2D eigenvalue weighted by Gasteiger charge is 2.46. The lowest BCUT2D eigenvalue weighted by Gasteiger charge is -2.52. The van der Waals surface area contributed by atoms with E-state index in [4.69, 9.17) is 5.11 Å². The third-order valence-electron chi connectivity index (χ3n) is 4.27. The first kappa shape index (κ1) is 11.4. The van der Waals surface area contributed by atoms with E-state index in [1.54, 1.807) is 0 Å². The largest absolute Gasteiger partial charge is 0.481 e. The summed E-state index contributed by atoms with van der Waals surface area (Å²) in [5, 5.41) is 9.03. The molecule has 0 radical (unpaired) electrons. The maximum Gasteiger partial charge on any atom is 0.308 e. The van der Waals surface area contributed by atoms with Crippen LogP contribution in [0.15, 0.2) is 0 Å². The van der Waals surface area contributed by atoms with E-state index in [-0.39, 0.29) is 17.4 Å². The Balaban J connectivity index is 2.12. The second-order valence-electron chi connectivity index (χ2n) is 5.01. The maximum atomic E-state index is 11.9. The number of carbonyl (C=O) groups is 2. The van der Waals surface area contributed by atoms with E-state index in [0.717, 1.165) is 25.7 Å². The zero-order valence-electron chi connectivity index (χ0n) is 9.74. The Morgan fingerprint density at radius 3 is 2.69 bits per heavy atom. The number of nitrogens with zero attached hydrogens (tertiary/aromatic N) is 1. The Morgan fingerprint density at radius 2 is 2.25 bits per heavy atom. The maximum absolute atomic E-state index is 11.9. The zero-order valence-corrected chi connectivity index (χ0v) is 9.74. The molecule has 4 nitrogen and oxygen atoms in total.